The van der Waals surface area contributed by atoms with Gasteiger partial charge < -0.3 is 24.4 Å². The largest absolute Gasteiger partial charge is 0.465 e. The number of amides is 2. The molecule has 0 aromatic carbocycles. The summed E-state index contributed by atoms with van der Waals surface area (Å²) in [6, 6.07) is -0.867. The summed E-state index contributed by atoms with van der Waals surface area (Å²) in [6.07, 6.45) is 10.8. The minimum absolute atomic E-state index is 0.0104. The van der Waals surface area contributed by atoms with Crippen molar-refractivity contribution in [3.8, 4) is 0 Å². The molecule has 6 atom stereocenters. The second kappa shape index (κ2) is 9.22. The highest BCUT2D eigenvalue weighted by atomic mass is 16.6. The second-order valence-electron chi connectivity index (χ2n) is 9.62. The van der Waals surface area contributed by atoms with Crippen molar-refractivity contribution < 1.29 is 29.0 Å². The van der Waals surface area contributed by atoms with E-state index in [1.807, 2.05) is 43.1 Å². The number of aliphatic hydroxyl groups is 1. The number of likely N-dealkylation sites (tertiary alicyclic amines) is 1. The zero-order valence-electron chi connectivity index (χ0n) is 19.9. The highest BCUT2D eigenvalue weighted by molar-refractivity contribution is 5.99. The van der Waals surface area contributed by atoms with E-state index in [4.69, 9.17) is 9.47 Å². The summed E-state index contributed by atoms with van der Waals surface area (Å²) in [5.41, 5.74) is -2.26. The number of cyclic esters (lactones) is 1. The van der Waals surface area contributed by atoms with Gasteiger partial charge in [0.15, 0.2) is 0 Å². The number of esters is 1. The maximum absolute atomic E-state index is 14.0. The molecule has 4 aliphatic rings. The molecule has 4 aliphatic heterocycles. The van der Waals surface area contributed by atoms with Crippen LogP contribution in [0.5, 0.6) is 0 Å². The number of ether oxygens (including phenoxy) is 2. The molecule has 2 fully saturated rings. The summed E-state index contributed by atoms with van der Waals surface area (Å²) in [6.45, 7) is 6.87. The summed E-state index contributed by atoms with van der Waals surface area (Å²) < 4.78 is 12.3. The van der Waals surface area contributed by atoms with Crippen LogP contribution in [0.3, 0.4) is 0 Å². The van der Waals surface area contributed by atoms with Crippen LogP contribution >= 0.6 is 0 Å². The fourth-order valence-corrected chi connectivity index (χ4v) is 6.20. The van der Waals surface area contributed by atoms with Crippen LogP contribution in [0.15, 0.2) is 24.3 Å². The smallest absolute Gasteiger partial charge is 0.313 e. The molecule has 33 heavy (non-hydrogen) atoms. The van der Waals surface area contributed by atoms with E-state index in [2.05, 4.69) is 6.92 Å². The van der Waals surface area contributed by atoms with Gasteiger partial charge in [0.05, 0.1) is 12.5 Å². The Morgan fingerprint density at radius 3 is 2.64 bits per heavy atom. The van der Waals surface area contributed by atoms with Gasteiger partial charge in [-0.2, -0.15) is 0 Å². The maximum Gasteiger partial charge on any atom is 0.313 e. The van der Waals surface area contributed by atoms with Crippen molar-refractivity contribution in [2.75, 3.05) is 26.3 Å². The number of fused-ring (bicyclic) bond motifs is 2. The number of hydrogen-bond acceptors (Lipinski definition) is 6. The van der Waals surface area contributed by atoms with Crippen molar-refractivity contribution in [3.05, 3.63) is 24.3 Å². The van der Waals surface area contributed by atoms with Gasteiger partial charge in [-0.05, 0) is 32.6 Å². The molecule has 0 radical (unpaired) electrons. The molecule has 0 aromatic heterocycles. The van der Waals surface area contributed by atoms with Crippen molar-refractivity contribution in [1.29, 1.82) is 0 Å². The lowest BCUT2D eigenvalue weighted by Crippen LogP contribution is -2.57. The first-order valence-electron chi connectivity index (χ1n) is 12.3. The van der Waals surface area contributed by atoms with E-state index >= 15 is 0 Å². The van der Waals surface area contributed by atoms with Gasteiger partial charge in [0.2, 0.25) is 11.8 Å². The number of rotatable bonds is 7. The van der Waals surface area contributed by atoms with E-state index in [0.29, 0.717) is 25.8 Å². The van der Waals surface area contributed by atoms with Crippen LogP contribution in [0, 0.1) is 11.8 Å². The van der Waals surface area contributed by atoms with Crippen molar-refractivity contribution >= 4 is 17.8 Å². The molecule has 8 heteroatoms. The average Bonchev–Trinajstić information content (AvgIpc) is 3.13. The Morgan fingerprint density at radius 1 is 1.15 bits per heavy atom. The first kappa shape index (κ1) is 24.0. The SMILES string of the molecule is CCCC(C)N1CC=C[C@]23O[C@]4(CC)C=CCCOC(=O)[C@@H]4[C@H]2C(=O)N(CCCO)C3C1=O. The second-order valence-corrected chi connectivity index (χ2v) is 9.62. The van der Waals surface area contributed by atoms with Gasteiger partial charge in [0.25, 0.3) is 0 Å². The predicted molar refractivity (Wildman–Crippen MR) is 121 cm³/mol. The lowest BCUT2D eigenvalue weighted by molar-refractivity contribution is -0.162. The average molecular weight is 461 g/mol. The Hall–Kier alpha value is -2.19. The molecule has 4 heterocycles. The lowest BCUT2D eigenvalue weighted by atomic mass is 9.73. The van der Waals surface area contributed by atoms with E-state index in [9.17, 15) is 19.5 Å². The number of nitrogens with zero attached hydrogens (tertiary/aromatic N) is 2. The molecular weight excluding hydrogens is 424 g/mol. The van der Waals surface area contributed by atoms with Gasteiger partial charge in [0, 0.05) is 25.7 Å². The van der Waals surface area contributed by atoms with E-state index in [1.165, 1.54) is 0 Å². The molecule has 0 aromatic rings. The predicted octanol–water partition coefficient (Wildman–Crippen LogP) is 1.82. The molecule has 182 valence electrons. The zero-order chi connectivity index (χ0) is 23.8. The van der Waals surface area contributed by atoms with Gasteiger partial charge in [-0.1, -0.05) is 44.6 Å². The summed E-state index contributed by atoms with van der Waals surface area (Å²) in [5.74, 6) is -2.56. The summed E-state index contributed by atoms with van der Waals surface area (Å²) in [5, 5.41) is 9.46. The highest BCUT2D eigenvalue weighted by Crippen LogP contribution is 2.58. The van der Waals surface area contributed by atoms with Gasteiger partial charge in [-0.3, -0.25) is 14.4 Å². The van der Waals surface area contributed by atoms with Crippen molar-refractivity contribution in [2.24, 2.45) is 11.8 Å². The molecule has 0 saturated carbocycles. The van der Waals surface area contributed by atoms with Gasteiger partial charge >= 0.3 is 5.97 Å². The molecule has 8 nitrogen and oxygen atoms in total. The normalized spacial score (nSPS) is 36.6. The quantitative estimate of drug-likeness (QED) is 0.460. The zero-order valence-corrected chi connectivity index (χ0v) is 19.9. The van der Waals surface area contributed by atoms with Crippen LogP contribution in [0.1, 0.15) is 52.9 Å². The molecule has 0 bridgehead atoms. The molecule has 2 saturated heterocycles. The van der Waals surface area contributed by atoms with E-state index in [1.54, 1.807) is 4.90 Å². The Kier molecular flexibility index (Phi) is 6.69. The van der Waals surface area contributed by atoms with Gasteiger partial charge in [-0.25, -0.2) is 0 Å². The third-order valence-electron chi connectivity index (χ3n) is 7.73. The van der Waals surface area contributed by atoms with Gasteiger partial charge in [-0.15, -0.1) is 0 Å². The fourth-order valence-electron chi connectivity index (χ4n) is 6.20. The fraction of sp³-hybridized carbons (Fsp3) is 0.720. The molecular formula is C25H36N2O6. The summed E-state index contributed by atoms with van der Waals surface area (Å²) in [4.78, 5) is 44.5. The maximum atomic E-state index is 14.0. The molecule has 1 N–H and O–H groups in total. The molecule has 0 aliphatic carbocycles. The molecule has 2 unspecified atom stereocenters. The van der Waals surface area contributed by atoms with Crippen LogP contribution in [0.2, 0.25) is 0 Å². The van der Waals surface area contributed by atoms with Crippen molar-refractivity contribution in [3.63, 3.8) is 0 Å². The topological polar surface area (TPSA) is 96.4 Å². The van der Waals surface area contributed by atoms with Crippen molar-refractivity contribution in [2.45, 2.75) is 76.2 Å². The monoisotopic (exact) mass is 460 g/mol. The minimum atomic E-state index is -1.25. The first-order chi connectivity index (χ1) is 15.9. The van der Waals surface area contributed by atoms with E-state index in [-0.39, 0.29) is 37.6 Å². The standard InChI is InChI=1S/C25H36N2O6/c1-4-10-17(3)26-13-8-12-25-18(21(29)27(14-9-15-28)20(25)22(26)30)19-23(31)32-16-7-6-11-24(19,5-2)33-25/h6,8,11-12,17-20,28H,4-5,7,9-10,13-16H2,1-3H3/t17?,18-,19-,20?,24+,25-/m0/s1. The molecule has 1 spiro atoms. The number of carbonyl (C=O) groups excluding carboxylic acids is 3. The van der Waals surface area contributed by atoms with Gasteiger partial charge in [0.1, 0.15) is 23.2 Å². The number of carbonyl (C=O) groups is 3. The highest BCUT2D eigenvalue weighted by Gasteiger charge is 2.75. The van der Waals surface area contributed by atoms with Crippen LogP contribution < -0.4 is 0 Å². The van der Waals surface area contributed by atoms with E-state index in [0.717, 1.165) is 12.8 Å². The molecule has 4 rings (SSSR count). The van der Waals surface area contributed by atoms with Crippen molar-refractivity contribution in [1.82, 2.24) is 9.80 Å². The Morgan fingerprint density at radius 2 is 1.94 bits per heavy atom. The third-order valence-corrected chi connectivity index (χ3v) is 7.73. The number of hydrogen-bond donors (Lipinski definition) is 1. The molecule has 2 amide bonds. The van der Waals surface area contributed by atoms with Crippen LogP contribution in [0.4, 0.5) is 0 Å². The summed E-state index contributed by atoms with van der Waals surface area (Å²) in [7, 11) is 0. The Labute approximate surface area is 195 Å². The Bertz CT molecular complexity index is 856. The summed E-state index contributed by atoms with van der Waals surface area (Å²) >= 11 is 0. The minimum Gasteiger partial charge on any atom is -0.465 e. The van der Waals surface area contributed by atoms with Crippen LogP contribution in [-0.2, 0) is 23.9 Å². The number of aliphatic hydroxyl groups excluding tert-OH is 1. The Balaban J connectivity index is 1.85. The third kappa shape index (κ3) is 3.62. The van der Waals surface area contributed by atoms with Crippen LogP contribution in [-0.4, -0.2) is 82.3 Å². The van der Waals surface area contributed by atoms with Crippen LogP contribution in [0.25, 0.3) is 0 Å². The van der Waals surface area contributed by atoms with E-state index < -0.39 is 35.0 Å². The first-order valence-corrected chi connectivity index (χ1v) is 12.3. The lowest BCUT2D eigenvalue weighted by Gasteiger charge is -2.39.